The first-order valence-corrected chi connectivity index (χ1v) is 8.07. The van der Waals surface area contributed by atoms with Gasteiger partial charge < -0.3 is 5.11 Å². The van der Waals surface area contributed by atoms with Gasteiger partial charge in [0.25, 0.3) is 0 Å². The lowest BCUT2D eigenvalue weighted by atomic mass is 9.92. The molecule has 0 aliphatic carbocycles. The molecule has 2 rings (SSSR count). The van der Waals surface area contributed by atoms with Gasteiger partial charge in [0, 0.05) is 13.1 Å². The van der Waals surface area contributed by atoms with E-state index in [2.05, 4.69) is 0 Å². The molecule has 9 heteroatoms. The minimum Gasteiger partial charge on any atom is -0.383 e. The van der Waals surface area contributed by atoms with E-state index in [4.69, 9.17) is 0 Å². The van der Waals surface area contributed by atoms with Crippen LogP contribution in [0.5, 0.6) is 0 Å². The summed E-state index contributed by atoms with van der Waals surface area (Å²) >= 11 is 0. The van der Waals surface area contributed by atoms with Crippen molar-refractivity contribution in [3.8, 4) is 0 Å². The SMILES string of the molecule is O=S(=O)(c1cccc(F)c1)N1CCC(C(O)C(F)(F)F)CC1. The van der Waals surface area contributed by atoms with Gasteiger partial charge in [-0.25, -0.2) is 12.8 Å². The smallest absolute Gasteiger partial charge is 0.383 e. The van der Waals surface area contributed by atoms with Crippen molar-refractivity contribution in [3.05, 3.63) is 30.1 Å². The quantitative estimate of drug-likeness (QED) is 0.857. The van der Waals surface area contributed by atoms with E-state index < -0.39 is 34.0 Å². The summed E-state index contributed by atoms with van der Waals surface area (Å²) in [5, 5.41) is 9.21. The average molecular weight is 341 g/mol. The Balaban J connectivity index is 2.08. The number of alkyl halides is 3. The fourth-order valence-electron chi connectivity index (χ4n) is 2.48. The van der Waals surface area contributed by atoms with E-state index in [0.717, 1.165) is 16.4 Å². The Morgan fingerprint density at radius 2 is 1.82 bits per heavy atom. The summed E-state index contributed by atoms with van der Waals surface area (Å²) in [6, 6.07) is 4.45. The molecule has 1 fully saturated rings. The summed E-state index contributed by atoms with van der Waals surface area (Å²) in [5.74, 6) is -1.73. The Labute approximate surface area is 125 Å². The molecule has 1 atom stereocenters. The van der Waals surface area contributed by atoms with Crippen molar-refractivity contribution in [3.63, 3.8) is 0 Å². The third kappa shape index (κ3) is 3.58. The summed E-state index contributed by atoms with van der Waals surface area (Å²) in [6.45, 7) is -0.284. The van der Waals surface area contributed by atoms with E-state index in [1.54, 1.807) is 0 Å². The molecule has 1 aromatic rings. The van der Waals surface area contributed by atoms with Gasteiger partial charge in [0.05, 0.1) is 4.90 Å². The first kappa shape index (κ1) is 17.2. The van der Waals surface area contributed by atoms with E-state index in [1.165, 1.54) is 12.1 Å². The van der Waals surface area contributed by atoms with Crippen molar-refractivity contribution >= 4 is 10.0 Å². The van der Waals surface area contributed by atoms with E-state index in [-0.39, 0.29) is 30.8 Å². The molecule has 0 radical (unpaired) electrons. The van der Waals surface area contributed by atoms with Crippen molar-refractivity contribution in [2.24, 2.45) is 5.92 Å². The van der Waals surface area contributed by atoms with Crippen LogP contribution in [0.3, 0.4) is 0 Å². The second-order valence-electron chi connectivity index (χ2n) is 5.19. The second-order valence-corrected chi connectivity index (χ2v) is 7.12. The molecule has 1 unspecified atom stereocenters. The van der Waals surface area contributed by atoms with Gasteiger partial charge in [-0.2, -0.15) is 17.5 Å². The number of hydrogen-bond donors (Lipinski definition) is 1. The molecule has 1 aliphatic rings. The molecule has 1 heterocycles. The van der Waals surface area contributed by atoms with Crippen LogP contribution < -0.4 is 0 Å². The molecule has 1 N–H and O–H groups in total. The fraction of sp³-hybridized carbons (Fsp3) is 0.538. The Bertz CT molecular complexity index is 624. The average Bonchev–Trinajstić information content (AvgIpc) is 2.45. The summed E-state index contributed by atoms with van der Waals surface area (Å²) < 4.78 is 76.1. The molecular weight excluding hydrogens is 326 g/mol. The molecule has 1 aliphatic heterocycles. The third-order valence-electron chi connectivity index (χ3n) is 3.71. The predicted molar refractivity (Wildman–Crippen MR) is 69.9 cm³/mol. The summed E-state index contributed by atoms with van der Waals surface area (Å²) in [5.41, 5.74) is 0. The molecule has 22 heavy (non-hydrogen) atoms. The van der Waals surface area contributed by atoms with E-state index in [9.17, 15) is 31.1 Å². The maximum absolute atomic E-state index is 13.1. The van der Waals surface area contributed by atoms with Crippen molar-refractivity contribution in [1.29, 1.82) is 0 Å². The molecule has 124 valence electrons. The van der Waals surface area contributed by atoms with E-state index in [0.29, 0.717) is 0 Å². The number of rotatable bonds is 3. The van der Waals surface area contributed by atoms with Gasteiger partial charge in [-0.3, -0.25) is 0 Å². The molecule has 0 aromatic heterocycles. The van der Waals surface area contributed by atoms with Crippen LogP contribution in [-0.4, -0.2) is 43.2 Å². The lowest BCUT2D eigenvalue weighted by molar-refractivity contribution is -0.222. The lowest BCUT2D eigenvalue weighted by Crippen LogP contribution is -2.45. The molecule has 1 aromatic carbocycles. The van der Waals surface area contributed by atoms with Gasteiger partial charge in [0.1, 0.15) is 5.82 Å². The Kier molecular flexibility index (Phi) is 4.78. The highest BCUT2D eigenvalue weighted by Crippen LogP contribution is 2.33. The summed E-state index contributed by atoms with van der Waals surface area (Å²) in [4.78, 5) is -0.234. The highest BCUT2D eigenvalue weighted by Gasteiger charge is 2.45. The third-order valence-corrected chi connectivity index (χ3v) is 5.61. The molecule has 0 saturated carbocycles. The van der Waals surface area contributed by atoms with Gasteiger partial charge in [0.15, 0.2) is 6.10 Å². The number of piperidine rings is 1. The van der Waals surface area contributed by atoms with Crippen molar-refractivity contribution in [2.75, 3.05) is 13.1 Å². The minimum absolute atomic E-state index is 0.102. The molecule has 0 bridgehead atoms. The zero-order valence-corrected chi connectivity index (χ0v) is 12.2. The molecule has 4 nitrogen and oxygen atoms in total. The first-order chi connectivity index (χ1) is 10.1. The topological polar surface area (TPSA) is 57.6 Å². The van der Waals surface area contributed by atoms with Crippen LogP contribution >= 0.6 is 0 Å². The van der Waals surface area contributed by atoms with Gasteiger partial charge in [-0.05, 0) is 37.0 Å². The monoisotopic (exact) mass is 341 g/mol. The number of aliphatic hydroxyl groups excluding tert-OH is 1. The summed E-state index contributed by atoms with van der Waals surface area (Å²) in [6.07, 6.45) is -7.37. The van der Waals surface area contributed by atoms with Crippen LogP contribution in [0.15, 0.2) is 29.2 Å². The molecule has 1 saturated heterocycles. The molecule has 0 amide bonds. The number of nitrogens with zero attached hydrogens (tertiary/aromatic N) is 1. The number of hydrogen-bond acceptors (Lipinski definition) is 3. The van der Waals surface area contributed by atoms with Crippen molar-refractivity contribution in [2.45, 2.75) is 30.0 Å². The van der Waals surface area contributed by atoms with Gasteiger partial charge in [0.2, 0.25) is 10.0 Å². The van der Waals surface area contributed by atoms with Crippen LogP contribution in [0.2, 0.25) is 0 Å². The van der Waals surface area contributed by atoms with Crippen LogP contribution in [0.4, 0.5) is 17.6 Å². The standard InChI is InChI=1S/C13H15F4NO3S/c14-10-2-1-3-11(8-10)22(20,21)18-6-4-9(5-7-18)12(19)13(15,16)17/h1-3,8-9,12,19H,4-7H2. The largest absolute Gasteiger partial charge is 0.414 e. The van der Waals surface area contributed by atoms with E-state index >= 15 is 0 Å². The highest BCUT2D eigenvalue weighted by atomic mass is 32.2. The highest BCUT2D eigenvalue weighted by molar-refractivity contribution is 7.89. The second kappa shape index (κ2) is 6.13. The Morgan fingerprint density at radius 1 is 1.23 bits per heavy atom. The first-order valence-electron chi connectivity index (χ1n) is 6.63. The van der Waals surface area contributed by atoms with Crippen molar-refractivity contribution < 1.29 is 31.1 Å². The zero-order chi connectivity index (χ0) is 16.5. The van der Waals surface area contributed by atoms with Gasteiger partial charge in [-0.15, -0.1) is 0 Å². The van der Waals surface area contributed by atoms with Gasteiger partial charge in [-0.1, -0.05) is 6.07 Å². The number of halogens is 4. The number of aliphatic hydroxyl groups is 1. The van der Waals surface area contributed by atoms with Crippen LogP contribution in [0.25, 0.3) is 0 Å². The lowest BCUT2D eigenvalue weighted by Gasteiger charge is -2.34. The zero-order valence-electron chi connectivity index (χ0n) is 11.4. The maximum atomic E-state index is 13.1. The van der Waals surface area contributed by atoms with Crippen LogP contribution in [0.1, 0.15) is 12.8 Å². The molecule has 0 spiro atoms. The fourth-order valence-corrected chi connectivity index (χ4v) is 3.98. The van der Waals surface area contributed by atoms with Gasteiger partial charge >= 0.3 is 6.18 Å². The van der Waals surface area contributed by atoms with Crippen LogP contribution in [0, 0.1) is 11.7 Å². The minimum atomic E-state index is -4.71. The summed E-state index contributed by atoms with van der Waals surface area (Å²) in [7, 11) is -3.94. The Hall–Kier alpha value is -1.19. The van der Waals surface area contributed by atoms with Crippen LogP contribution in [-0.2, 0) is 10.0 Å². The van der Waals surface area contributed by atoms with E-state index in [1.807, 2.05) is 0 Å². The maximum Gasteiger partial charge on any atom is 0.414 e. The molecular formula is C13H15F4NO3S. The number of benzene rings is 1. The van der Waals surface area contributed by atoms with Crippen molar-refractivity contribution in [1.82, 2.24) is 4.31 Å². The normalized spacial score (nSPS) is 20.0. The predicted octanol–water partition coefficient (Wildman–Crippen LogP) is 2.15. The Morgan fingerprint density at radius 3 is 2.32 bits per heavy atom. The number of sulfonamides is 1.